The highest BCUT2D eigenvalue weighted by atomic mass is 16.5. The lowest BCUT2D eigenvalue weighted by molar-refractivity contribution is 0.0583. The van der Waals surface area contributed by atoms with Gasteiger partial charge >= 0.3 is 0 Å². The Morgan fingerprint density at radius 2 is 1.88 bits per heavy atom. The molecule has 2 aromatic heterocycles. The van der Waals surface area contributed by atoms with Gasteiger partial charge in [-0.25, -0.2) is 0 Å². The third-order valence-corrected chi connectivity index (χ3v) is 5.74. The predicted octanol–water partition coefficient (Wildman–Crippen LogP) is 3.71. The smallest absolute Gasteiger partial charge is 0.271 e. The minimum Gasteiger partial charge on any atom is -0.496 e. The van der Waals surface area contributed by atoms with Crippen molar-refractivity contribution in [1.29, 1.82) is 0 Å². The van der Waals surface area contributed by atoms with Crippen molar-refractivity contribution in [1.82, 2.24) is 25.3 Å². The third-order valence-electron chi connectivity index (χ3n) is 5.74. The van der Waals surface area contributed by atoms with Gasteiger partial charge in [0.05, 0.1) is 19.0 Å². The van der Waals surface area contributed by atoms with Crippen LogP contribution in [0, 0.1) is 0 Å². The summed E-state index contributed by atoms with van der Waals surface area (Å²) < 4.78 is 11.5. The maximum atomic E-state index is 13.0. The van der Waals surface area contributed by atoms with Gasteiger partial charge in [-0.2, -0.15) is 10.2 Å². The zero-order chi connectivity index (χ0) is 21.9. The van der Waals surface area contributed by atoms with Crippen molar-refractivity contribution in [3.05, 3.63) is 66.5 Å². The summed E-state index contributed by atoms with van der Waals surface area (Å²) in [4.78, 5) is 14.8. The number of benzene rings is 2. The van der Waals surface area contributed by atoms with Crippen molar-refractivity contribution in [2.24, 2.45) is 0 Å². The molecule has 8 heteroatoms. The summed E-state index contributed by atoms with van der Waals surface area (Å²) >= 11 is 0. The second-order valence-electron chi connectivity index (χ2n) is 7.71. The number of carbonyl (C=O) groups excluding carboxylic acids is 1. The number of piperidine rings is 1. The highest BCUT2D eigenvalue weighted by molar-refractivity contribution is 5.93. The maximum Gasteiger partial charge on any atom is 0.271 e. The molecule has 0 radical (unpaired) electrons. The fraction of sp³-hybridized carbons (Fsp3) is 0.250. The summed E-state index contributed by atoms with van der Waals surface area (Å²) in [5, 5.41) is 17.4. The van der Waals surface area contributed by atoms with Gasteiger partial charge in [-0.3, -0.25) is 9.89 Å². The first-order chi connectivity index (χ1) is 15.7. The van der Waals surface area contributed by atoms with E-state index in [1.165, 1.54) is 0 Å². The number of ether oxygens (including phenoxy) is 2. The fourth-order valence-electron chi connectivity index (χ4n) is 4.02. The number of rotatable bonds is 5. The molecule has 0 spiro atoms. The van der Waals surface area contributed by atoms with Gasteiger partial charge in [-0.05, 0) is 24.3 Å². The second-order valence-corrected chi connectivity index (χ2v) is 7.71. The number of H-pyrrole nitrogens is 1. The first kappa shape index (κ1) is 20.0. The lowest BCUT2D eigenvalue weighted by Crippen LogP contribution is -2.42. The van der Waals surface area contributed by atoms with E-state index >= 15 is 0 Å². The van der Waals surface area contributed by atoms with Gasteiger partial charge in [-0.1, -0.05) is 30.3 Å². The van der Waals surface area contributed by atoms with Crippen molar-refractivity contribution in [3.63, 3.8) is 0 Å². The third kappa shape index (κ3) is 3.87. The van der Waals surface area contributed by atoms with E-state index in [4.69, 9.17) is 9.47 Å². The SMILES string of the molecule is COc1ccccc1-c1cc(C(=O)N2CCC(Oc3nncc4ccccc34)CC2)[nH]n1. The number of para-hydroxylation sites is 1. The normalized spacial score (nSPS) is 14.5. The summed E-state index contributed by atoms with van der Waals surface area (Å²) in [6.45, 7) is 1.20. The number of fused-ring (bicyclic) bond motifs is 1. The van der Waals surface area contributed by atoms with Crippen molar-refractivity contribution in [3.8, 4) is 22.9 Å². The first-order valence-corrected chi connectivity index (χ1v) is 10.6. The number of likely N-dealkylation sites (tertiary alicyclic amines) is 1. The zero-order valence-electron chi connectivity index (χ0n) is 17.7. The summed E-state index contributed by atoms with van der Waals surface area (Å²) in [5.74, 6) is 1.19. The van der Waals surface area contributed by atoms with Gasteiger partial charge < -0.3 is 14.4 Å². The van der Waals surface area contributed by atoms with E-state index in [2.05, 4.69) is 20.4 Å². The summed E-state index contributed by atoms with van der Waals surface area (Å²) in [6.07, 6.45) is 3.17. The van der Waals surface area contributed by atoms with E-state index in [0.717, 1.165) is 29.2 Å². The molecule has 0 bridgehead atoms. The number of aromatic amines is 1. The Bertz CT molecular complexity index is 1240. The molecule has 1 aliphatic rings. The number of aromatic nitrogens is 4. The maximum absolute atomic E-state index is 13.0. The second kappa shape index (κ2) is 8.66. The molecule has 0 saturated carbocycles. The van der Waals surface area contributed by atoms with E-state index < -0.39 is 0 Å². The predicted molar refractivity (Wildman–Crippen MR) is 120 cm³/mol. The molecule has 0 atom stereocenters. The van der Waals surface area contributed by atoms with Gasteiger partial charge in [0.25, 0.3) is 5.91 Å². The highest BCUT2D eigenvalue weighted by Gasteiger charge is 2.27. The largest absolute Gasteiger partial charge is 0.496 e. The van der Waals surface area contributed by atoms with Crippen molar-refractivity contribution >= 4 is 16.7 Å². The van der Waals surface area contributed by atoms with E-state index in [-0.39, 0.29) is 12.0 Å². The van der Waals surface area contributed by atoms with Gasteiger partial charge in [0.1, 0.15) is 17.5 Å². The molecule has 1 N–H and O–H groups in total. The van der Waals surface area contributed by atoms with Crippen LogP contribution < -0.4 is 9.47 Å². The van der Waals surface area contributed by atoms with Crippen LogP contribution in [0.25, 0.3) is 22.0 Å². The molecule has 1 fully saturated rings. The minimum atomic E-state index is -0.0675. The van der Waals surface area contributed by atoms with Crippen LogP contribution in [-0.2, 0) is 0 Å². The summed E-state index contributed by atoms with van der Waals surface area (Å²) in [5.41, 5.74) is 1.98. The van der Waals surface area contributed by atoms with Crippen LogP contribution in [0.2, 0.25) is 0 Å². The molecule has 8 nitrogen and oxygen atoms in total. The molecule has 0 unspecified atom stereocenters. The van der Waals surface area contributed by atoms with E-state index in [9.17, 15) is 4.79 Å². The molecule has 4 aromatic rings. The van der Waals surface area contributed by atoms with Crippen LogP contribution in [0.1, 0.15) is 23.3 Å². The fourth-order valence-corrected chi connectivity index (χ4v) is 4.02. The molecular weight excluding hydrogens is 406 g/mol. The number of hydrogen-bond acceptors (Lipinski definition) is 6. The molecule has 32 heavy (non-hydrogen) atoms. The average molecular weight is 429 g/mol. The van der Waals surface area contributed by atoms with Crippen LogP contribution in [0.15, 0.2) is 60.8 Å². The molecule has 1 amide bonds. The lowest BCUT2D eigenvalue weighted by Gasteiger charge is -2.31. The number of amides is 1. The lowest BCUT2D eigenvalue weighted by atomic mass is 10.1. The van der Waals surface area contributed by atoms with Crippen molar-refractivity contribution in [2.75, 3.05) is 20.2 Å². The van der Waals surface area contributed by atoms with Crippen LogP contribution in [-0.4, -0.2) is 57.5 Å². The average Bonchev–Trinajstić information content (AvgIpc) is 3.34. The molecule has 0 aliphatic carbocycles. The van der Waals surface area contributed by atoms with E-state index in [1.807, 2.05) is 53.4 Å². The van der Waals surface area contributed by atoms with Crippen LogP contribution in [0.4, 0.5) is 0 Å². The van der Waals surface area contributed by atoms with E-state index in [1.54, 1.807) is 19.4 Å². The Morgan fingerprint density at radius 1 is 1.09 bits per heavy atom. The molecule has 5 rings (SSSR count). The number of methoxy groups -OCH3 is 1. The topological polar surface area (TPSA) is 93.2 Å². The van der Waals surface area contributed by atoms with Crippen LogP contribution in [0.5, 0.6) is 11.6 Å². The zero-order valence-corrected chi connectivity index (χ0v) is 17.7. The van der Waals surface area contributed by atoms with Gasteiger partial charge in [0, 0.05) is 42.3 Å². The molecule has 2 aromatic carbocycles. The number of nitrogens with zero attached hydrogens (tertiary/aromatic N) is 4. The minimum absolute atomic E-state index is 0.00920. The molecule has 3 heterocycles. The monoisotopic (exact) mass is 429 g/mol. The molecule has 162 valence electrons. The summed E-state index contributed by atoms with van der Waals surface area (Å²) in [7, 11) is 1.62. The number of hydrogen-bond donors (Lipinski definition) is 1. The highest BCUT2D eigenvalue weighted by Crippen LogP contribution is 2.29. The van der Waals surface area contributed by atoms with Crippen LogP contribution >= 0.6 is 0 Å². The Hall–Kier alpha value is -3.94. The Kier molecular flexibility index (Phi) is 5.41. The van der Waals surface area contributed by atoms with Crippen molar-refractivity contribution in [2.45, 2.75) is 18.9 Å². The van der Waals surface area contributed by atoms with E-state index in [0.29, 0.717) is 36.1 Å². The molecule has 1 saturated heterocycles. The summed E-state index contributed by atoms with van der Waals surface area (Å²) in [6, 6.07) is 17.3. The number of carbonyl (C=O) groups is 1. The van der Waals surface area contributed by atoms with Gasteiger partial charge in [0.2, 0.25) is 5.88 Å². The Morgan fingerprint density at radius 3 is 2.72 bits per heavy atom. The number of nitrogens with one attached hydrogen (secondary N) is 1. The van der Waals surface area contributed by atoms with Crippen LogP contribution in [0.3, 0.4) is 0 Å². The quantitative estimate of drug-likeness (QED) is 0.520. The molecular formula is C24H23N5O3. The van der Waals surface area contributed by atoms with Gasteiger partial charge in [-0.15, -0.1) is 5.10 Å². The Balaban J connectivity index is 1.24. The standard InChI is InChI=1S/C24H23N5O3/c1-31-22-9-5-4-8-19(22)20-14-21(27-26-20)24(30)29-12-10-17(11-13-29)32-23-18-7-3-2-6-16(18)15-25-28-23/h2-9,14-15,17H,10-13H2,1H3,(H,26,27). The first-order valence-electron chi connectivity index (χ1n) is 10.6. The van der Waals surface area contributed by atoms with Crippen molar-refractivity contribution < 1.29 is 14.3 Å². The van der Waals surface area contributed by atoms with Gasteiger partial charge in [0.15, 0.2) is 0 Å². The Labute approximate surface area is 185 Å². The molecule has 1 aliphatic heterocycles.